The average molecular weight is 449 g/mol. The molecule has 0 fully saturated rings. The number of ether oxygens (including phenoxy) is 2. The standard InChI is InChI=1S/C24H20N2O5S/c1-14-20(23(29)30-3)21(17-7-5-4-6-8-17)26-22(28)19(32-24(26)25-14)13-16-9-11-18(12-10-16)31-15(2)27/h4-13,21H,1-3H3. The Kier molecular flexibility index (Phi) is 5.87. The third-order valence-electron chi connectivity index (χ3n) is 4.98. The van der Waals surface area contributed by atoms with Crippen molar-refractivity contribution in [3.05, 3.63) is 96.7 Å². The number of methoxy groups -OCH3 is 1. The third-order valence-corrected chi connectivity index (χ3v) is 5.96. The Labute approximate surface area is 187 Å². The molecule has 1 atom stereocenters. The maximum atomic E-state index is 13.4. The normalized spacial score (nSPS) is 15.7. The molecule has 7 nitrogen and oxygen atoms in total. The Balaban J connectivity index is 1.86. The van der Waals surface area contributed by atoms with E-state index in [-0.39, 0.29) is 5.56 Å². The Bertz CT molecular complexity index is 1400. The Morgan fingerprint density at radius 2 is 1.78 bits per heavy atom. The van der Waals surface area contributed by atoms with Gasteiger partial charge in [0.15, 0.2) is 4.80 Å². The summed E-state index contributed by atoms with van der Waals surface area (Å²) in [6, 6.07) is 15.6. The minimum atomic E-state index is -0.631. The first-order chi connectivity index (χ1) is 15.4. The molecule has 8 heteroatoms. The maximum Gasteiger partial charge on any atom is 0.338 e. The number of hydrogen-bond donors (Lipinski definition) is 0. The van der Waals surface area contributed by atoms with E-state index in [0.29, 0.717) is 26.4 Å². The topological polar surface area (TPSA) is 87.0 Å². The summed E-state index contributed by atoms with van der Waals surface area (Å²) in [5.74, 6) is -0.488. The fourth-order valence-electron chi connectivity index (χ4n) is 3.59. The number of benzene rings is 2. The Morgan fingerprint density at radius 1 is 1.09 bits per heavy atom. The van der Waals surface area contributed by atoms with Crippen molar-refractivity contribution in [1.29, 1.82) is 0 Å². The van der Waals surface area contributed by atoms with Crippen LogP contribution in [0.2, 0.25) is 0 Å². The highest BCUT2D eigenvalue weighted by molar-refractivity contribution is 7.07. The van der Waals surface area contributed by atoms with Crippen LogP contribution in [-0.4, -0.2) is 23.6 Å². The van der Waals surface area contributed by atoms with Gasteiger partial charge in [-0.2, -0.15) is 0 Å². The molecular weight excluding hydrogens is 428 g/mol. The van der Waals surface area contributed by atoms with Gasteiger partial charge < -0.3 is 9.47 Å². The van der Waals surface area contributed by atoms with Crippen molar-refractivity contribution in [3.63, 3.8) is 0 Å². The van der Waals surface area contributed by atoms with Crippen LogP contribution in [0.3, 0.4) is 0 Å². The predicted octanol–water partition coefficient (Wildman–Crippen LogP) is 2.33. The fraction of sp³-hybridized carbons (Fsp3) is 0.167. The first-order valence-electron chi connectivity index (χ1n) is 9.83. The number of fused-ring (bicyclic) bond motifs is 1. The highest BCUT2D eigenvalue weighted by Gasteiger charge is 2.32. The zero-order valence-electron chi connectivity index (χ0n) is 17.7. The lowest BCUT2D eigenvalue weighted by Crippen LogP contribution is -2.39. The molecule has 1 aliphatic rings. The van der Waals surface area contributed by atoms with Gasteiger partial charge in [-0.3, -0.25) is 14.2 Å². The van der Waals surface area contributed by atoms with Crippen LogP contribution in [-0.2, 0) is 14.3 Å². The number of esters is 2. The number of thiazole rings is 1. The van der Waals surface area contributed by atoms with E-state index in [2.05, 4.69) is 4.99 Å². The summed E-state index contributed by atoms with van der Waals surface area (Å²) in [5, 5.41) is 0. The first kappa shape index (κ1) is 21.5. The molecule has 0 N–H and O–H groups in total. The second kappa shape index (κ2) is 8.76. The van der Waals surface area contributed by atoms with Crippen molar-refractivity contribution in [2.75, 3.05) is 7.11 Å². The Morgan fingerprint density at radius 3 is 2.41 bits per heavy atom. The van der Waals surface area contributed by atoms with Gasteiger partial charge in [0.05, 0.1) is 29.0 Å². The molecule has 0 amide bonds. The summed E-state index contributed by atoms with van der Waals surface area (Å²) in [7, 11) is 1.31. The van der Waals surface area contributed by atoms with E-state index in [4.69, 9.17) is 9.47 Å². The number of carbonyl (C=O) groups excluding carboxylic acids is 2. The summed E-state index contributed by atoms with van der Waals surface area (Å²) in [6.07, 6.45) is 1.75. The van der Waals surface area contributed by atoms with Crippen LogP contribution in [0.4, 0.5) is 0 Å². The van der Waals surface area contributed by atoms with Crippen LogP contribution >= 0.6 is 11.3 Å². The molecule has 1 aliphatic heterocycles. The van der Waals surface area contributed by atoms with Crippen molar-refractivity contribution >= 4 is 29.4 Å². The van der Waals surface area contributed by atoms with E-state index in [0.717, 1.165) is 11.1 Å². The van der Waals surface area contributed by atoms with Gasteiger partial charge in [0.2, 0.25) is 0 Å². The van der Waals surface area contributed by atoms with Gasteiger partial charge in [-0.1, -0.05) is 53.8 Å². The second-order valence-electron chi connectivity index (χ2n) is 7.15. The summed E-state index contributed by atoms with van der Waals surface area (Å²) in [4.78, 5) is 42.1. The van der Waals surface area contributed by atoms with E-state index in [1.807, 2.05) is 30.3 Å². The molecule has 162 valence electrons. The minimum absolute atomic E-state index is 0.249. The first-order valence-corrected chi connectivity index (χ1v) is 10.6. The fourth-order valence-corrected chi connectivity index (χ4v) is 4.64. The second-order valence-corrected chi connectivity index (χ2v) is 8.16. The SMILES string of the molecule is COC(=O)C1=C(C)N=c2sc(=Cc3ccc(OC(C)=O)cc3)c(=O)n2C1c1ccccc1. The smallest absolute Gasteiger partial charge is 0.338 e. The number of aromatic nitrogens is 1. The van der Waals surface area contributed by atoms with Gasteiger partial charge in [-0.15, -0.1) is 0 Å². The van der Waals surface area contributed by atoms with Crippen LogP contribution in [0.15, 0.2) is 75.7 Å². The number of hydrogen-bond acceptors (Lipinski definition) is 7. The quantitative estimate of drug-likeness (QED) is 0.452. The lowest BCUT2D eigenvalue weighted by atomic mass is 9.96. The average Bonchev–Trinajstić information content (AvgIpc) is 3.08. The number of allylic oxidation sites excluding steroid dienone is 1. The molecule has 0 radical (unpaired) electrons. The Hall–Kier alpha value is -3.78. The van der Waals surface area contributed by atoms with Crippen molar-refractivity contribution in [3.8, 4) is 5.75 Å². The summed E-state index contributed by atoms with van der Waals surface area (Å²) < 4.78 is 12.1. The van der Waals surface area contributed by atoms with E-state index in [1.54, 1.807) is 37.3 Å². The zero-order chi connectivity index (χ0) is 22.8. The minimum Gasteiger partial charge on any atom is -0.466 e. The molecule has 3 aromatic rings. The number of carbonyl (C=O) groups is 2. The van der Waals surface area contributed by atoms with Gasteiger partial charge in [0.25, 0.3) is 5.56 Å². The molecule has 4 rings (SSSR count). The van der Waals surface area contributed by atoms with Crippen LogP contribution in [0.1, 0.15) is 31.0 Å². The van der Waals surface area contributed by atoms with Crippen LogP contribution in [0.25, 0.3) is 6.08 Å². The monoisotopic (exact) mass is 448 g/mol. The predicted molar refractivity (Wildman–Crippen MR) is 120 cm³/mol. The third kappa shape index (κ3) is 4.04. The zero-order valence-corrected chi connectivity index (χ0v) is 18.5. The summed E-state index contributed by atoms with van der Waals surface area (Å²) in [5.41, 5.74) is 2.17. The van der Waals surface area contributed by atoms with Crippen LogP contribution < -0.4 is 19.6 Å². The molecule has 0 bridgehead atoms. The van der Waals surface area contributed by atoms with Crippen molar-refractivity contribution in [2.45, 2.75) is 19.9 Å². The molecule has 1 unspecified atom stereocenters. The van der Waals surface area contributed by atoms with Gasteiger partial charge in [-0.05, 0) is 36.3 Å². The van der Waals surface area contributed by atoms with E-state index < -0.39 is 18.0 Å². The molecule has 0 saturated heterocycles. The molecule has 2 aromatic carbocycles. The molecule has 0 saturated carbocycles. The van der Waals surface area contributed by atoms with E-state index in [9.17, 15) is 14.4 Å². The van der Waals surface area contributed by atoms with Crippen molar-refractivity contribution < 1.29 is 19.1 Å². The molecule has 2 heterocycles. The van der Waals surface area contributed by atoms with E-state index >= 15 is 0 Å². The molecule has 1 aromatic heterocycles. The summed E-state index contributed by atoms with van der Waals surface area (Å²) >= 11 is 1.25. The lowest BCUT2D eigenvalue weighted by molar-refractivity contribution is -0.136. The molecule has 32 heavy (non-hydrogen) atoms. The maximum absolute atomic E-state index is 13.4. The lowest BCUT2D eigenvalue weighted by Gasteiger charge is -2.24. The van der Waals surface area contributed by atoms with Gasteiger partial charge in [-0.25, -0.2) is 9.79 Å². The highest BCUT2D eigenvalue weighted by atomic mass is 32.1. The highest BCUT2D eigenvalue weighted by Crippen LogP contribution is 2.30. The molecule has 0 aliphatic carbocycles. The molecular formula is C24H20N2O5S. The van der Waals surface area contributed by atoms with Gasteiger partial charge >= 0.3 is 11.9 Å². The summed E-state index contributed by atoms with van der Waals surface area (Å²) in [6.45, 7) is 3.08. The van der Waals surface area contributed by atoms with Crippen molar-refractivity contribution in [1.82, 2.24) is 4.57 Å². The largest absolute Gasteiger partial charge is 0.466 e. The van der Waals surface area contributed by atoms with Gasteiger partial charge in [0.1, 0.15) is 5.75 Å². The van der Waals surface area contributed by atoms with Gasteiger partial charge in [0, 0.05) is 6.92 Å². The number of nitrogens with zero attached hydrogens (tertiary/aromatic N) is 2. The number of rotatable bonds is 4. The van der Waals surface area contributed by atoms with Crippen molar-refractivity contribution in [2.24, 2.45) is 4.99 Å². The van der Waals surface area contributed by atoms with Crippen LogP contribution in [0, 0.1) is 0 Å². The van der Waals surface area contributed by atoms with E-state index in [1.165, 1.54) is 29.9 Å². The van der Waals surface area contributed by atoms with Crippen LogP contribution in [0.5, 0.6) is 5.75 Å². The molecule has 0 spiro atoms.